The molecule has 2 atom stereocenters. The predicted octanol–water partition coefficient (Wildman–Crippen LogP) is 7.25. The van der Waals surface area contributed by atoms with E-state index in [-0.39, 0.29) is 39.4 Å². The summed E-state index contributed by atoms with van der Waals surface area (Å²) >= 11 is 0. The van der Waals surface area contributed by atoms with Gasteiger partial charge in [0.2, 0.25) is 5.82 Å². The number of halogens is 3. The lowest BCUT2D eigenvalue weighted by molar-refractivity contribution is -0.146. The van der Waals surface area contributed by atoms with Gasteiger partial charge >= 0.3 is 5.97 Å². The zero-order valence-corrected chi connectivity index (χ0v) is 25.7. The lowest BCUT2D eigenvalue weighted by Gasteiger charge is -2.36. The number of fused-ring (bicyclic) bond motifs is 2. The molecular weight excluding hydrogens is 607 g/mol. The van der Waals surface area contributed by atoms with Crippen molar-refractivity contribution in [1.29, 1.82) is 0 Å². The molecule has 0 aliphatic carbocycles. The molecule has 5 aromatic rings. The second kappa shape index (κ2) is 11.1. The molecule has 2 aromatic heterocycles. The number of rotatable bonds is 8. The summed E-state index contributed by atoms with van der Waals surface area (Å²) in [5, 5.41) is 9.89. The Kier molecular flexibility index (Phi) is 7.51. The molecule has 0 fully saturated rings. The van der Waals surface area contributed by atoms with Gasteiger partial charge in [0.1, 0.15) is 23.1 Å². The van der Waals surface area contributed by atoms with Gasteiger partial charge in [-0.3, -0.25) is 9.00 Å². The van der Waals surface area contributed by atoms with Crippen LogP contribution in [0, 0.1) is 22.9 Å². The van der Waals surface area contributed by atoms with E-state index >= 15 is 8.78 Å². The average Bonchev–Trinajstić information content (AvgIpc) is 3.68. The molecule has 1 aliphatic rings. The number of H-pyrrole nitrogens is 2. The van der Waals surface area contributed by atoms with Crippen molar-refractivity contribution >= 4 is 27.7 Å². The second-order valence-electron chi connectivity index (χ2n) is 12.0. The summed E-state index contributed by atoms with van der Waals surface area (Å²) in [5.74, 6) is -3.82. The number of carbonyl (C=O) groups is 1. The van der Waals surface area contributed by atoms with Crippen LogP contribution in [0.3, 0.4) is 0 Å². The van der Waals surface area contributed by atoms with Gasteiger partial charge in [0.05, 0.1) is 38.8 Å². The van der Waals surface area contributed by atoms with Gasteiger partial charge in [0.15, 0.2) is 11.6 Å². The number of aromatic amines is 2. The fraction of sp³-hybridized carbons (Fsp3) is 0.273. The van der Waals surface area contributed by atoms with Gasteiger partial charge in [-0.25, -0.2) is 13.8 Å². The Morgan fingerprint density at radius 1 is 1.18 bits per heavy atom. The first-order chi connectivity index (χ1) is 21.3. The molecule has 3 N–H and O–H groups in total. The Balaban J connectivity index is 1.36. The number of para-hydroxylation sites is 1. The first-order valence-corrected chi connectivity index (χ1v) is 15.7. The molecule has 234 valence electrons. The minimum Gasteiger partial charge on any atom is -0.493 e. The maximum atomic E-state index is 15.2. The summed E-state index contributed by atoms with van der Waals surface area (Å²) in [6.07, 6.45) is 5.19. The molecule has 3 heterocycles. The zero-order chi connectivity index (χ0) is 32.3. The van der Waals surface area contributed by atoms with E-state index < -0.39 is 50.8 Å². The second-order valence-corrected chi connectivity index (χ2v) is 13.3. The highest BCUT2D eigenvalue weighted by Crippen LogP contribution is 2.46. The van der Waals surface area contributed by atoms with E-state index in [4.69, 9.17) is 9.47 Å². The maximum absolute atomic E-state index is 15.2. The van der Waals surface area contributed by atoms with Crippen molar-refractivity contribution in [2.45, 2.75) is 43.9 Å². The third kappa shape index (κ3) is 5.16. The molecule has 12 heteroatoms. The third-order valence-electron chi connectivity index (χ3n) is 8.43. The van der Waals surface area contributed by atoms with E-state index in [1.54, 1.807) is 20.0 Å². The Labute approximate surface area is 259 Å². The van der Waals surface area contributed by atoms with Gasteiger partial charge < -0.3 is 24.5 Å². The van der Waals surface area contributed by atoms with Gasteiger partial charge in [0.25, 0.3) is 0 Å². The zero-order valence-electron chi connectivity index (χ0n) is 24.9. The highest BCUT2D eigenvalue weighted by molar-refractivity contribution is 7.84. The van der Waals surface area contributed by atoms with Crippen LogP contribution >= 0.6 is 0 Å². The number of aromatic nitrogens is 3. The molecule has 3 aromatic carbocycles. The van der Waals surface area contributed by atoms with Crippen molar-refractivity contribution < 1.29 is 36.8 Å². The van der Waals surface area contributed by atoms with Gasteiger partial charge in [-0.1, -0.05) is 18.2 Å². The van der Waals surface area contributed by atoms with Crippen molar-refractivity contribution in [3.05, 3.63) is 89.1 Å². The molecule has 0 spiro atoms. The molecular formula is C33H30F3N3O5S. The Bertz CT molecular complexity index is 2000. The van der Waals surface area contributed by atoms with E-state index in [1.807, 2.05) is 25.1 Å². The van der Waals surface area contributed by atoms with Crippen molar-refractivity contribution in [2.75, 3.05) is 12.9 Å². The summed E-state index contributed by atoms with van der Waals surface area (Å²) in [4.78, 5) is 22.1. The number of nitrogens with one attached hydrogen (secondary N) is 2. The van der Waals surface area contributed by atoms with Crippen LogP contribution in [-0.4, -0.2) is 43.1 Å². The molecule has 0 saturated heterocycles. The maximum Gasteiger partial charge on any atom is 0.309 e. The summed E-state index contributed by atoms with van der Waals surface area (Å²) in [7, 11) is -1.75. The quantitative estimate of drug-likeness (QED) is 0.165. The SMILES string of the molecule is CS(=O)c1c(Oc2ccc(F)c(-c3ncc([C@@]4(C)CCOc5c(CC(C)(C)C(=O)O)cccc54)[nH]3)c2)c(F)c(F)c2[nH]ccc12. The fourth-order valence-electron chi connectivity index (χ4n) is 5.81. The van der Waals surface area contributed by atoms with Gasteiger partial charge in [-0.15, -0.1) is 0 Å². The van der Waals surface area contributed by atoms with Gasteiger partial charge in [-0.2, -0.15) is 4.39 Å². The molecule has 6 rings (SSSR count). The number of ether oxygens (including phenoxy) is 2. The number of benzene rings is 3. The van der Waals surface area contributed by atoms with Crippen LogP contribution in [0.1, 0.15) is 44.0 Å². The number of aliphatic carboxylic acids is 1. The molecule has 0 radical (unpaired) electrons. The number of hydrogen-bond donors (Lipinski definition) is 3. The molecule has 1 aliphatic heterocycles. The predicted molar refractivity (Wildman–Crippen MR) is 163 cm³/mol. The van der Waals surface area contributed by atoms with Crippen LogP contribution in [0.5, 0.6) is 17.2 Å². The molecule has 0 saturated carbocycles. The van der Waals surface area contributed by atoms with Gasteiger partial charge in [0, 0.05) is 40.7 Å². The summed E-state index contributed by atoms with van der Waals surface area (Å²) in [5.41, 5.74) is 0.556. The van der Waals surface area contributed by atoms with Crippen molar-refractivity contribution in [2.24, 2.45) is 5.41 Å². The van der Waals surface area contributed by atoms with E-state index in [9.17, 15) is 18.5 Å². The lowest BCUT2D eigenvalue weighted by atomic mass is 9.73. The number of hydrogen-bond acceptors (Lipinski definition) is 5. The molecule has 1 unspecified atom stereocenters. The van der Waals surface area contributed by atoms with Crippen molar-refractivity contribution in [1.82, 2.24) is 15.0 Å². The third-order valence-corrected chi connectivity index (χ3v) is 9.41. The number of nitrogens with zero attached hydrogens (tertiary/aromatic N) is 1. The molecule has 45 heavy (non-hydrogen) atoms. The van der Waals surface area contributed by atoms with E-state index in [0.717, 1.165) is 17.2 Å². The summed E-state index contributed by atoms with van der Waals surface area (Å²) in [6, 6.07) is 10.8. The Hall–Kier alpha value is -4.58. The standard InChI is InChI=1S/C33H30F3N3O5S/c1-32(2,31(40)41)15-17-6-5-7-21-27(17)43-13-11-33(21,3)23-16-38-30(39-23)20-14-18(8-9-22(20)34)44-28-25(36)24(35)26-19(10-12-37-26)29(28)45(4)42/h5-10,12,14,16,37H,11,13,15H2,1-4H3,(H,38,39)(H,40,41)/t33-,45?/m0/s1. The van der Waals surface area contributed by atoms with E-state index in [2.05, 4.69) is 15.0 Å². The monoisotopic (exact) mass is 637 g/mol. The highest BCUT2D eigenvalue weighted by Gasteiger charge is 2.39. The van der Waals surface area contributed by atoms with Crippen LogP contribution < -0.4 is 9.47 Å². The van der Waals surface area contributed by atoms with Crippen LogP contribution in [0.2, 0.25) is 0 Å². The van der Waals surface area contributed by atoms with E-state index in [0.29, 0.717) is 24.5 Å². The largest absolute Gasteiger partial charge is 0.493 e. The van der Waals surface area contributed by atoms with Crippen LogP contribution in [0.25, 0.3) is 22.3 Å². The highest BCUT2D eigenvalue weighted by atomic mass is 32.2. The Morgan fingerprint density at radius 3 is 2.69 bits per heavy atom. The van der Waals surface area contributed by atoms with Crippen LogP contribution in [-0.2, 0) is 27.4 Å². The molecule has 8 nitrogen and oxygen atoms in total. The van der Waals surface area contributed by atoms with Gasteiger partial charge in [-0.05, 0) is 63.4 Å². The number of carboxylic acids is 1. The van der Waals surface area contributed by atoms with Crippen LogP contribution in [0.15, 0.2) is 59.8 Å². The minimum absolute atomic E-state index is 0.0162. The van der Waals surface area contributed by atoms with Crippen molar-refractivity contribution in [3.8, 4) is 28.6 Å². The first-order valence-electron chi connectivity index (χ1n) is 14.1. The minimum atomic E-state index is -1.75. The summed E-state index contributed by atoms with van der Waals surface area (Å²) in [6.45, 7) is 5.70. The van der Waals surface area contributed by atoms with E-state index in [1.165, 1.54) is 30.7 Å². The number of imidazole rings is 1. The normalized spacial score (nSPS) is 17.1. The Morgan fingerprint density at radius 2 is 1.96 bits per heavy atom. The average molecular weight is 638 g/mol. The lowest BCUT2D eigenvalue weighted by Crippen LogP contribution is -2.33. The fourth-order valence-corrected chi connectivity index (χ4v) is 6.68. The number of carboxylic acid groups (broad SMARTS) is 1. The smallest absolute Gasteiger partial charge is 0.309 e. The van der Waals surface area contributed by atoms with Crippen molar-refractivity contribution in [3.63, 3.8) is 0 Å². The molecule has 0 amide bonds. The molecule has 0 bridgehead atoms. The first kappa shape index (κ1) is 30.4. The summed E-state index contributed by atoms with van der Waals surface area (Å²) < 4.78 is 69.6. The van der Waals surface area contributed by atoms with Crippen LogP contribution in [0.4, 0.5) is 13.2 Å². The topological polar surface area (TPSA) is 117 Å².